The van der Waals surface area contributed by atoms with Crippen LogP contribution in [0.15, 0.2) is 24.5 Å². The minimum absolute atomic E-state index is 0.584. The van der Waals surface area contributed by atoms with Gasteiger partial charge in [-0.2, -0.15) is 17.9 Å². The normalized spacial score (nSPS) is 10.4. The van der Waals surface area contributed by atoms with Crippen molar-refractivity contribution in [2.45, 2.75) is 25.8 Å². The summed E-state index contributed by atoms with van der Waals surface area (Å²) in [7, 11) is 0. The number of hydrogen-bond acceptors (Lipinski definition) is 4. The third-order valence-corrected chi connectivity index (χ3v) is 2.87. The summed E-state index contributed by atoms with van der Waals surface area (Å²) < 4.78 is 0. The van der Waals surface area contributed by atoms with Crippen molar-refractivity contribution in [3.8, 4) is 6.07 Å². The zero-order valence-electron chi connectivity index (χ0n) is 10.0. The van der Waals surface area contributed by atoms with Crippen molar-refractivity contribution < 1.29 is 0 Å². The van der Waals surface area contributed by atoms with E-state index in [4.69, 9.17) is 5.26 Å². The Hall–Kier alpha value is -1.05. The molecule has 1 aromatic heterocycles. The van der Waals surface area contributed by atoms with E-state index in [9.17, 15) is 0 Å². The first-order valence-corrected chi connectivity index (χ1v) is 6.59. The van der Waals surface area contributed by atoms with E-state index in [1.165, 1.54) is 5.56 Å². The molecule has 0 aliphatic carbocycles. The SMILES string of the molecule is N#CCCN(CCCCS)Cc1cccnc1. The molecule has 0 fully saturated rings. The second kappa shape index (κ2) is 9.03. The van der Waals surface area contributed by atoms with Gasteiger partial charge in [0.05, 0.1) is 6.07 Å². The van der Waals surface area contributed by atoms with Gasteiger partial charge in [0.1, 0.15) is 0 Å². The van der Waals surface area contributed by atoms with Gasteiger partial charge in [0.25, 0.3) is 0 Å². The van der Waals surface area contributed by atoms with Crippen LogP contribution in [0.4, 0.5) is 0 Å². The average molecular weight is 249 g/mol. The molecule has 0 aliphatic rings. The molecule has 17 heavy (non-hydrogen) atoms. The number of hydrogen-bond donors (Lipinski definition) is 1. The van der Waals surface area contributed by atoms with E-state index in [1.807, 2.05) is 12.3 Å². The Morgan fingerprint density at radius 1 is 1.35 bits per heavy atom. The lowest BCUT2D eigenvalue weighted by atomic mass is 10.2. The van der Waals surface area contributed by atoms with Crippen LogP contribution < -0.4 is 0 Å². The van der Waals surface area contributed by atoms with Gasteiger partial charge < -0.3 is 0 Å². The number of nitrogens with zero attached hydrogens (tertiary/aromatic N) is 3. The molecular weight excluding hydrogens is 230 g/mol. The van der Waals surface area contributed by atoms with Gasteiger partial charge in [0, 0.05) is 31.9 Å². The molecule has 0 saturated heterocycles. The minimum Gasteiger partial charge on any atom is -0.298 e. The summed E-state index contributed by atoms with van der Waals surface area (Å²) in [5, 5.41) is 8.65. The third-order valence-electron chi connectivity index (χ3n) is 2.55. The van der Waals surface area contributed by atoms with Crippen molar-refractivity contribution in [1.82, 2.24) is 9.88 Å². The van der Waals surface area contributed by atoms with E-state index in [-0.39, 0.29) is 0 Å². The Morgan fingerprint density at radius 3 is 2.88 bits per heavy atom. The van der Waals surface area contributed by atoms with Gasteiger partial charge in [0.15, 0.2) is 0 Å². The maximum Gasteiger partial charge on any atom is 0.0635 e. The van der Waals surface area contributed by atoms with Crippen LogP contribution in [0.2, 0.25) is 0 Å². The van der Waals surface area contributed by atoms with Gasteiger partial charge in [-0.15, -0.1) is 0 Å². The number of unbranched alkanes of at least 4 members (excludes halogenated alkanes) is 1. The maximum atomic E-state index is 8.65. The maximum absolute atomic E-state index is 8.65. The van der Waals surface area contributed by atoms with Gasteiger partial charge >= 0.3 is 0 Å². The van der Waals surface area contributed by atoms with Gasteiger partial charge in [-0.05, 0) is 36.8 Å². The molecule has 1 rings (SSSR count). The van der Waals surface area contributed by atoms with E-state index in [0.29, 0.717) is 6.42 Å². The van der Waals surface area contributed by atoms with Crippen LogP contribution in [0.3, 0.4) is 0 Å². The van der Waals surface area contributed by atoms with Crippen LogP contribution in [-0.4, -0.2) is 28.7 Å². The van der Waals surface area contributed by atoms with E-state index >= 15 is 0 Å². The Kier molecular flexibility index (Phi) is 7.44. The largest absolute Gasteiger partial charge is 0.298 e. The lowest BCUT2D eigenvalue weighted by Gasteiger charge is -2.20. The summed E-state index contributed by atoms with van der Waals surface area (Å²) in [6, 6.07) is 6.23. The predicted molar refractivity (Wildman–Crippen MR) is 72.8 cm³/mol. The smallest absolute Gasteiger partial charge is 0.0635 e. The summed E-state index contributed by atoms with van der Waals surface area (Å²) >= 11 is 4.21. The van der Waals surface area contributed by atoms with Crippen molar-refractivity contribution in [2.24, 2.45) is 0 Å². The molecular formula is C13H19N3S. The van der Waals surface area contributed by atoms with Crippen molar-refractivity contribution in [3.63, 3.8) is 0 Å². The molecule has 1 aromatic rings. The average Bonchev–Trinajstić information content (AvgIpc) is 2.37. The topological polar surface area (TPSA) is 39.9 Å². The highest BCUT2D eigenvalue weighted by Gasteiger charge is 2.05. The first-order valence-electron chi connectivity index (χ1n) is 5.96. The quantitative estimate of drug-likeness (QED) is 0.568. The van der Waals surface area contributed by atoms with Crippen LogP contribution in [0.25, 0.3) is 0 Å². The van der Waals surface area contributed by atoms with Crippen LogP contribution in [0.5, 0.6) is 0 Å². The van der Waals surface area contributed by atoms with E-state index in [2.05, 4.69) is 34.6 Å². The molecule has 3 nitrogen and oxygen atoms in total. The summed E-state index contributed by atoms with van der Waals surface area (Å²) in [5.74, 6) is 0.930. The lowest BCUT2D eigenvalue weighted by molar-refractivity contribution is 0.267. The summed E-state index contributed by atoms with van der Waals surface area (Å²) in [6.07, 6.45) is 6.51. The molecule has 0 aromatic carbocycles. The van der Waals surface area contributed by atoms with Gasteiger partial charge in [-0.3, -0.25) is 9.88 Å². The molecule has 0 spiro atoms. The number of rotatable bonds is 8. The highest BCUT2D eigenvalue weighted by molar-refractivity contribution is 7.80. The second-order valence-corrected chi connectivity index (χ2v) is 4.42. The van der Waals surface area contributed by atoms with Gasteiger partial charge in [-0.25, -0.2) is 0 Å². The van der Waals surface area contributed by atoms with Crippen LogP contribution >= 0.6 is 12.6 Å². The number of pyridine rings is 1. The lowest BCUT2D eigenvalue weighted by Crippen LogP contribution is -2.25. The fourth-order valence-corrected chi connectivity index (χ4v) is 1.90. The van der Waals surface area contributed by atoms with Crippen LogP contribution in [-0.2, 0) is 6.54 Å². The van der Waals surface area contributed by atoms with Gasteiger partial charge in [0.2, 0.25) is 0 Å². The molecule has 0 unspecified atom stereocenters. The molecule has 0 atom stereocenters. The number of nitriles is 1. The highest BCUT2D eigenvalue weighted by atomic mass is 32.1. The van der Waals surface area contributed by atoms with Crippen molar-refractivity contribution >= 4 is 12.6 Å². The Balaban J connectivity index is 2.42. The zero-order chi connectivity index (χ0) is 12.3. The highest BCUT2D eigenvalue weighted by Crippen LogP contribution is 2.05. The molecule has 0 radical (unpaired) electrons. The van der Waals surface area contributed by atoms with E-state index in [1.54, 1.807) is 6.20 Å². The Bertz CT molecular complexity index is 334. The first-order chi connectivity index (χ1) is 8.36. The molecule has 0 N–H and O–H groups in total. The molecule has 0 amide bonds. The minimum atomic E-state index is 0.584. The Morgan fingerprint density at radius 2 is 2.24 bits per heavy atom. The zero-order valence-corrected chi connectivity index (χ0v) is 10.9. The molecule has 1 heterocycles. The monoisotopic (exact) mass is 249 g/mol. The molecule has 0 bridgehead atoms. The number of aromatic nitrogens is 1. The summed E-state index contributed by atoms with van der Waals surface area (Å²) in [5.41, 5.74) is 1.20. The van der Waals surface area contributed by atoms with E-state index < -0.39 is 0 Å². The third kappa shape index (κ3) is 6.30. The standard InChI is InChI=1S/C13H19N3S/c14-6-4-9-16(8-1-2-10-17)12-13-5-3-7-15-11-13/h3,5,7,11,17H,1-2,4,8-10,12H2. The molecule has 92 valence electrons. The van der Waals surface area contributed by atoms with Crippen molar-refractivity contribution in [3.05, 3.63) is 30.1 Å². The number of thiol groups is 1. The van der Waals surface area contributed by atoms with Crippen molar-refractivity contribution in [2.75, 3.05) is 18.8 Å². The summed E-state index contributed by atoms with van der Waals surface area (Å²) in [6.45, 7) is 2.73. The van der Waals surface area contributed by atoms with Crippen LogP contribution in [0, 0.1) is 11.3 Å². The van der Waals surface area contributed by atoms with Crippen molar-refractivity contribution in [1.29, 1.82) is 5.26 Å². The predicted octanol–water partition coefficient (Wildman–Crippen LogP) is 2.51. The fraction of sp³-hybridized carbons (Fsp3) is 0.538. The van der Waals surface area contributed by atoms with Crippen LogP contribution in [0.1, 0.15) is 24.8 Å². The first kappa shape index (κ1) is 14.0. The van der Waals surface area contributed by atoms with E-state index in [0.717, 1.165) is 38.2 Å². The second-order valence-electron chi connectivity index (χ2n) is 3.98. The summed E-state index contributed by atoms with van der Waals surface area (Å²) in [4.78, 5) is 6.42. The molecule has 4 heteroatoms. The van der Waals surface area contributed by atoms with Gasteiger partial charge in [-0.1, -0.05) is 6.07 Å². The molecule has 0 saturated carbocycles. The Labute approximate surface area is 109 Å². The molecule has 0 aliphatic heterocycles. The fourth-order valence-electron chi connectivity index (χ4n) is 1.68.